The molecule has 4 nitrogen and oxygen atoms in total. The number of ether oxygens (including phenoxy) is 1. The number of aryl methyl sites for hydroxylation is 1. The lowest BCUT2D eigenvalue weighted by Gasteiger charge is -2.19. The quantitative estimate of drug-likeness (QED) is 0.433. The SMILES string of the molecule is CCCCc1ccc(C2=N/C(=C\c3ccc(F)cc3)C(=O)N2c2ccc(OC)cc2)cc1. The summed E-state index contributed by atoms with van der Waals surface area (Å²) >= 11 is 0. The molecule has 0 unspecified atom stereocenters. The predicted molar refractivity (Wildman–Crippen MR) is 126 cm³/mol. The molecule has 4 rings (SSSR count). The van der Waals surface area contributed by atoms with Gasteiger partial charge in [-0.15, -0.1) is 0 Å². The number of anilines is 1. The number of aliphatic imine (C=N–C) groups is 1. The van der Waals surface area contributed by atoms with Crippen LogP contribution in [0.2, 0.25) is 0 Å². The van der Waals surface area contributed by atoms with Crippen LogP contribution in [-0.2, 0) is 11.2 Å². The van der Waals surface area contributed by atoms with Gasteiger partial charge in [-0.1, -0.05) is 49.7 Å². The first kappa shape index (κ1) is 21.5. The first-order valence-electron chi connectivity index (χ1n) is 10.7. The van der Waals surface area contributed by atoms with E-state index in [2.05, 4.69) is 24.0 Å². The third kappa shape index (κ3) is 4.62. The van der Waals surface area contributed by atoms with Gasteiger partial charge >= 0.3 is 0 Å². The molecule has 0 aromatic heterocycles. The summed E-state index contributed by atoms with van der Waals surface area (Å²) < 4.78 is 18.5. The molecule has 0 fully saturated rings. The number of amidine groups is 1. The first-order valence-corrected chi connectivity index (χ1v) is 10.7. The summed E-state index contributed by atoms with van der Waals surface area (Å²) in [6.07, 6.45) is 4.99. The number of hydrogen-bond donors (Lipinski definition) is 0. The fourth-order valence-electron chi connectivity index (χ4n) is 3.60. The van der Waals surface area contributed by atoms with E-state index in [1.165, 1.54) is 17.7 Å². The van der Waals surface area contributed by atoms with Crippen LogP contribution in [0.4, 0.5) is 10.1 Å². The Hall–Kier alpha value is -3.73. The van der Waals surface area contributed by atoms with Gasteiger partial charge in [-0.3, -0.25) is 9.69 Å². The number of nitrogens with zero attached hydrogens (tertiary/aromatic N) is 2. The maximum absolute atomic E-state index is 13.4. The Kier molecular flexibility index (Phi) is 6.45. The lowest BCUT2D eigenvalue weighted by Crippen LogP contribution is -2.32. The van der Waals surface area contributed by atoms with Crippen molar-refractivity contribution in [2.75, 3.05) is 12.0 Å². The lowest BCUT2D eigenvalue weighted by molar-refractivity contribution is -0.113. The van der Waals surface area contributed by atoms with Crippen LogP contribution >= 0.6 is 0 Å². The highest BCUT2D eigenvalue weighted by Crippen LogP contribution is 2.29. The summed E-state index contributed by atoms with van der Waals surface area (Å²) in [5.74, 6) is 0.721. The van der Waals surface area contributed by atoms with E-state index in [0.29, 0.717) is 28.5 Å². The van der Waals surface area contributed by atoms with Gasteiger partial charge in [0.1, 0.15) is 23.1 Å². The lowest BCUT2D eigenvalue weighted by atomic mass is 10.1. The molecule has 3 aromatic carbocycles. The van der Waals surface area contributed by atoms with Crippen molar-refractivity contribution in [3.63, 3.8) is 0 Å². The van der Waals surface area contributed by atoms with Crippen molar-refractivity contribution in [2.24, 2.45) is 4.99 Å². The summed E-state index contributed by atoms with van der Waals surface area (Å²) in [4.78, 5) is 19.6. The van der Waals surface area contributed by atoms with Gasteiger partial charge in [0.25, 0.3) is 5.91 Å². The van der Waals surface area contributed by atoms with Gasteiger partial charge in [-0.25, -0.2) is 9.38 Å². The van der Waals surface area contributed by atoms with E-state index in [9.17, 15) is 9.18 Å². The van der Waals surface area contributed by atoms with Gasteiger partial charge < -0.3 is 4.74 Å². The molecule has 1 heterocycles. The second-order valence-corrected chi connectivity index (χ2v) is 7.66. The van der Waals surface area contributed by atoms with Crippen LogP contribution in [0.25, 0.3) is 6.08 Å². The molecule has 5 heteroatoms. The minimum absolute atomic E-state index is 0.232. The largest absolute Gasteiger partial charge is 0.497 e. The molecule has 0 bridgehead atoms. The number of halogens is 1. The van der Waals surface area contributed by atoms with E-state index in [1.807, 2.05) is 36.4 Å². The van der Waals surface area contributed by atoms with Gasteiger partial charge in [0, 0.05) is 5.56 Å². The summed E-state index contributed by atoms with van der Waals surface area (Å²) in [7, 11) is 1.60. The number of hydrogen-bond acceptors (Lipinski definition) is 3. The van der Waals surface area contributed by atoms with Crippen molar-refractivity contribution in [3.05, 3.63) is 101 Å². The van der Waals surface area contributed by atoms with E-state index in [1.54, 1.807) is 30.2 Å². The van der Waals surface area contributed by atoms with Crippen molar-refractivity contribution in [1.82, 2.24) is 0 Å². The maximum atomic E-state index is 13.4. The molecule has 3 aromatic rings. The molecule has 0 saturated carbocycles. The number of carbonyl (C=O) groups is 1. The highest BCUT2D eigenvalue weighted by molar-refractivity contribution is 6.33. The third-order valence-electron chi connectivity index (χ3n) is 5.40. The van der Waals surface area contributed by atoms with E-state index in [0.717, 1.165) is 24.8 Å². The van der Waals surface area contributed by atoms with Crippen molar-refractivity contribution >= 4 is 23.5 Å². The van der Waals surface area contributed by atoms with Crippen molar-refractivity contribution < 1.29 is 13.9 Å². The Bertz CT molecular complexity index is 1150. The number of carbonyl (C=O) groups excluding carboxylic acids is 1. The number of methoxy groups -OCH3 is 1. The predicted octanol–water partition coefficient (Wildman–Crippen LogP) is 6.01. The minimum Gasteiger partial charge on any atom is -0.497 e. The van der Waals surface area contributed by atoms with Crippen LogP contribution < -0.4 is 9.64 Å². The number of benzene rings is 3. The van der Waals surface area contributed by atoms with Crippen LogP contribution in [-0.4, -0.2) is 18.9 Å². The van der Waals surface area contributed by atoms with Crippen LogP contribution in [0, 0.1) is 5.82 Å². The molecule has 0 atom stereocenters. The topological polar surface area (TPSA) is 41.9 Å². The zero-order valence-corrected chi connectivity index (χ0v) is 18.2. The van der Waals surface area contributed by atoms with Gasteiger partial charge in [0.05, 0.1) is 12.8 Å². The summed E-state index contributed by atoms with van der Waals surface area (Å²) in [6.45, 7) is 2.18. The molecular weight excluding hydrogens is 403 g/mol. The molecule has 1 aliphatic heterocycles. The third-order valence-corrected chi connectivity index (χ3v) is 5.40. The summed E-state index contributed by atoms with van der Waals surface area (Å²) in [5.41, 5.74) is 3.84. The standard InChI is InChI=1S/C27H25FN2O2/c1-3-4-5-19-6-10-21(11-7-19)26-29-25(18-20-8-12-22(28)13-9-20)27(31)30(26)23-14-16-24(32-2)17-15-23/h6-18H,3-5H2,1-2H3/b25-18-. The Morgan fingerprint density at radius 3 is 2.28 bits per heavy atom. The van der Waals surface area contributed by atoms with E-state index in [-0.39, 0.29) is 11.7 Å². The van der Waals surface area contributed by atoms with Gasteiger partial charge in [-0.2, -0.15) is 0 Å². The van der Waals surface area contributed by atoms with Gasteiger partial charge in [0.2, 0.25) is 0 Å². The molecule has 0 spiro atoms. The average molecular weight is 429 g/mol. The van der Waals surface area contributed by atoms with Crippen molar-refractivity contribution in [3.8, 4) is 5.75 Å². The summed E-state index contributed by atoms with van der Waals surface area (Å²) in [5, 5.41) is 0. The fourth-order valence-corrected chi connectivity index (χ4v) is 3.60. The van der Waals surface area contributed by atoms with Gasteiger partial charge in [0.15, 0.2) is 0 Å². The first-order chi connectivity index (χ1) is 15.6. The van der Waals surface area contributed by atoms with Crippen LogP contribution in [0.5, 0.6) is 5.75 Å². The van der Waals surface area contributed by atoms with E-state index < -0.39 is 0 Å². The number of rotatable bonds is 7. The molecular formula is C27H25FN2O2. The molecule has 0 N–H and O–H groups in total. The Morgan fingerprint density at radius 1 is 0.969 bits per heavy atom. The molecule has 162 valence electrons. The molecule has 1 aliphatic rings. The second-order valence-electron chi connectivity index (χ2n) is 7.66. The Morgan fingerprint density at radius 2 is 1.66 bits per heavy atom. The monoisotopic (exact) mass is 428 g/mol. The van der Waals surface area contributed by atoms with Gasteiger partial charge in [-0.05, 0) is 66.4 Å². The Balaban J connectivity index is 1.73. The molecule has 0 radical (unpaired) electrons. The highest BCUT2D eigenvalue weighted by Gasteiger charge is 2.32. The smallest absolute Gasteiger partial charge is 0.282 e. The van der Waals surface area contributed by atoms with E-state index >= 15 is 0 Å². The number of unbranched alkanes of at least 4 members (excludes halogenated alkanes) is 1. The minimum atomic E-state index is -0.322. The fraction of sp³-hybridized carbons (Fsp3) is 0.185. The molecule has 32 heavy (non-hydrogen) atoms. The second kappa shape index (κ2) is 9.60. The summed E-state index contributed by atoms with van der Waals surface area (Å²) in [6, 6.07) is 21.5. The number of amides is 1. The zero-order chi connectivity index (χ0) is 22.5. The van der Waals surface area contributed by atoms with E-state index in [4.69, 9.17) is 4.74 Å². The van der Waals surface area contributed by atoms with Crippen molar-refractivity contribution in [2.45, 2.75) is 26.2 Å². The highest BCUT2D eigenvalue weighted by atomic mass is 19.1. The normalized spacial score (nSPS) is 14.7. The zero-order valence-electron chi connectivity index (χ0n) is 18.2. The molecule has 0 aliphatic carbocycles. The molecule has 1 amide bonds. The maximum Gasteiger partial charge on any atom is 0.282 e. The average Bonchev–Trinajstić information content (AvgIpc) is 3.15. The van der Waals surface area contributed by atoms with Crippen LogP contribution in [0.1, 0.15) is 36.5 Å². The Labute approximate surface area is 187 Å². The van der Waals surface area contributed by atoms with Crippen molar-refractivity contribution in [1.29, 1.82) is 0 Å². The van der Waals surface area contributed by atoms with Crippen LogP contribution in [0.3, 0.4) is 0 Å². The molecule has 0 saturated heterocycles. The van der Waals surface area contributed by atoms with Crippen LogP contribution in [0.15, 0.2) is 83.5 Å².